The lowest BCUT2D eigenvalue weighted by molar-refractivity contribution is 0.0733. The molecule has 2 heteroatoms. The predicted octanol–water partition coefficient (Wildman–Crippen LogP) is 2.94. The SMILES string of the molecule is C1=CC2=C3CN(Cc4ccccc4)CC3COC2C=C1. The lowest BCUT2D eigenvalue weighted by Gasteiger charge is -2.28. The van der Waals surface area contributed by atoms with Gasteiger partial charge in [0.25, 0.3) is 0 Å². The first-order chi connectivity index (χ1) is 9.90. The summed E-state index contributed by atoms with van der Waals surface area (Å²) in [6, 6.07) is 10.7. The molecule has 0 spiro atoms. The highest BCUT2D eigenvalue weighted by Gasteiger charge is 2.35. The second kappa shape index (κ2) is 5.04. The van der Waals surface area contributed by atoms with Crippen LogP contribution in [0, 0.1) is 5.92 Å². The highest BCUT2D eigenvalue weighted by atomic mass is 16.5. The number of fused-ring (bicyclic) bond motifs is 2. The number of hydrogen-bond acceptors (Lipinski definition) is 2. The maximum Gasteiger partial charge on any atom is 0.101 e. The van der Waals surface area contributed by atoms with E-state index >= 15 is 0 Å². The van der Waals surface area contributed by atoms with Gasteiger partial charge in [-0.1, -0.05) is 54.6 Å². The van der Waals surface area contributed by atoms with Gasteiger partial charge in [-0.15, -0.1) is 0 Å². The van der Waals surface area contributed by atoms with E-state index in [0.717, 1.165) is 26.2 Å². The van der Waals surface area contributed by atoms with Gasteiger partial charge < -0.3 is 4.74 Å². The van der Waals surface area contributed by atoms with Crippen molar-refractivity contribution in [1.29, 1.82) is 0 Å². The van der Waals surface area contributed by atoms with Crippen molar-refractivity contribution in [2.45, 2.75) is 12.6 Å². The molecule has 20 heavy (non-hydrogen) atoms. The molecule has 2 heterocycles. The normalized spacial score (nSPS) is 28.6. The van der Waals surface area contributed by atoms with Crippen LogP contribution < -0.4 is 0 Å². The van der Waals surface area contributed by atoms with E-state index in [2.05, 4.69) is 59.5 Å². The predicted molar refractivity (Wildman–Crippen MR) is 80.3 cm³/mol. The van der Waals surface area contributed by atoms with Crippen molar-refractivity contribution in [1.82, 2.24) is 4.90 Å². The number of allylic oxidation sites excluding steroid dienone is 2. The molecule has 4 rings (SSSR count). The molecule has 1 aliphatic carbocycles. The number of hydrogen-bond donors (Lipinski definition) is 0. The van der Waals surface area contributed by atoms with Crippen molar-refractivity contribution in [3.63, 3.8) is 0 Å². The zero-order valence-corrected chi connectivity index (χ0v) is 11.5. The fraction of sp³-hybridized carbons (Fsp3) is 0.333. The minimum Gasteiger partial charge on any atom is -0.369 e. The topological polar surface area (TPSA) is 12.5 Å². The zero-order chi connectivity index (χ0) is 13.4. The van der Waals surface area contributed by atoms with Crippen molar-refractivity contribution >= 4 is 0 Å². The van der Waals surface area contributed by atoms with Gasteiger partial charge in [0.1, 0.15) is 6.10 Å². The maximum absolute atomic E-state index is 5.97. The van der Waals surface area contributed by atoms with Gasteiger partial charge in [-0.3, -0.25) is 4.90 Å². The monoisotopic (exact) mass is 265 g/mol. The van der Waals surface area contributed by atoms with Crippen LogP contribution in [-0.4, -0.2) is 30.7 Å². The number of nitrogens with zero attached hydrogens (tertiary/aromatic N) is 1. The number of benzene rings is 1. The Bertz CT molecular complexity index is 585. The molecule has 2 aliphatic heterocycles. The van der Waals surface area contributed by atoms with Crippen molar-refractivity contribution in [3.8, 4) is 0 Å². The van der Waals surface area contributed by atoms with Gasteiger partial charge in [-0.25, -0.2) is 0 Å². The Morgan fingerprint density at radius 1 is 1.15 bits per heavy atom. The van der Waals surface area contributed by atoms with Crippen LogP contribution in [0.4, 0.5) is 0 Å². The van der Waals surface area contributed by atoms with Gasteiger partial charge in [0.05, 0.1) is 6.61 Å². The van der Waals surface area contributed by atoms with Gasteiger partial charge >= 0.3 is 0 Å². The van der Waals surface area contributed by atoms with Crippen molar-refractivity contribution < 1.29 is 4.74 Å². The molecule has 0 aromatic heterocycles. The largest absolute Gasteiger partial charge is 0.369 e. The molecule has 0 N–H and O–H groups in total. The van der Waals surface area contributed by atoms with Crippen molar-refractivity contribution in [2.75, 3.05) is 19.7 Å². The molecule has 1 aromatic carbocycles. The third-order valence-corrected chi connectivity index (χ3v) is 4.44. The lowest BCUT2D eigenvalue weighted by Crippen LogP contribution is -2.28. The van der Waals surface area contributed by atoms with Gasteiger partial charge in [-0.2, -0.15) is 0 Å². The fourth-order valence-electron chi connectivity index (χ4n) is 3.48. The third-order valence-electron chi connectivity index (χ3n) is 4.44. The number of ether oxygens (including phenoxy) is 1. The third kappa shape index (κ3) is 2.15. The Morgan fingerprint density at radius 2 is 2.05 bits per heavy atom. The molecule has 2 nitrogen and oxygen atoms in total. The van der Waals surface area contributed by atoms with Crippen LogP contribution in [0.3, 0.4) is 0 Å². The van der Waals surface area contributed by atoms with E-state index in [0.29, 0.717) is 5.92 Å². The molecule has 2 atom stereocenters. The summed E-state index contributed by atoms with van der Waals surface area (Å²) in [5.74, 6) is 0.584. The summed E-state index contributed by atoms with van der Waals surface area (Å²) in [6.45, 7) is 4.12. The highest BCUT2D eigenvalue weighted by Crippen LogP contribution is 2.35. The Morgan fingerprint density at radius 3 is 2.95 bits per heavy atom. The van der Waals surface area contributed by atoms with E-state index in [1.54, 1.807) is 5.57 Å². The van der Waals surface area contributed by atoms with Crippen LogP contribution in [0.15, 0.2) is 65.8 Å². The van der Waals surface area contributed by atoms with Gasteiger partial charge in [-0.05, 0) is 16.7 Å². The van der Waals surface area contributed by atoms with Crippen molar-refractivity contribution in [2.24, 2.45) is 5.92 Å². The molecule has 0 saturated carbocycles. The molecule has 1 fully saturated rings. The van der Waals surface area contributed by atoms with Gasteiger partial charge in [0.2, 0.25) is 0 Å². The standard InChI is InChI=1S/C18H19NO/c1-2-6-14(7-3-1)10-19-11-15-13-20-18-9-5-4-8-16(18)17(15)12-19/h1-9,15,18H,10-13H2. The Balaban J connectivity index is 1.55. The van der Waals surface area contributed by atoms with Crippen LogP contribution in [0.2, 0.25) is 0 Å². The van der Waals surface area contributed by atoms with E-state index in [4.69, 9.17) is 4.74 Å². The summed E-state index contributed by atoms with van der Waals surface area (Å²) in [5.41, 5.74) is 4.39. The molecule has 0 radical (unpaired) electrons. The molecule has 102 valence electrons. The Kier molecular flexibility index (Phi) is 3.06. The summed E-state index contributed by atoms with van der Waals surface area (Å²) >= 11 is 0. The van der Waals surface area contributed by atoms with Gasteiger partial charge in [0, 0.05) is 25.6 Å². The quantitative estimate of drug-likeness (QED) is 0.815. The molecule has 1 saturated heterocycles. The molecule has 1 aromatic rings. The van der Waals surface area contributed by atoms with E-state index in [1.165, 1.54) is 11.1 Å². The maximum atomic E-state index is 5.97. The van der Waals surface area contributed by atoms with Crippen LogP contribution in [0.1, 0.15) is 5.56 Å². The minimum atomic E-state index is 0.197. The van der Waals surface area contributed by atoms with Crippen LogP contribution >= 0.6 is 0 Å². The molecule has 3 aliphatic rings. The molecule has 0 amide bonds. The zero-order valence-electron chi connectivity index (χ0n) is 11.5. The van der Waals surface area contributed by atoms with E-state index < -0.39 is 0 Å². The molecule has 2 unspecified atom stereocenters. The smallest absolute Gasteiger partial charge is 0.101 e. The summed E-state index contributed by atoms with van der Waals surface area (Å²) in [7, 11) is 0. The average Bonchev–Trinajstić information content (AvgIpc) is 2.91. The van der Waals surface area contributed by atoms with E-state index in [1.807, 2.05) is 0 Å². The second-order valence-electron chi connectivity index (χ2n) is 5.83. The second-order valence-corrected chi connectivity index (χ2v) is 5.83. The number of likely N-dealkylation sites (tertiary alicyclic amines) is 1. The summed E-state index contributed by atoms with van der Waals surface area (Å²) in [5, 5.41) is 0. The van der Waals surface area contributed by atoms with Gasteiger partial charge in [0.15, 0.2) is 0 Å². The summed E-state index contributed by atoms with van der Waals surface area (Å²) in [6.07, 6.45) is 8.81. The number of rotatable bonds is 2. The molecule has 0 bridgehead atoms. The van der Waals surface area contributed by atoms with Crippen molar-refractivity contribution in [3.05, 3.63) is 71.3 Å². The minimum absolute atomic E-state index is 0.197. The average molecular weight is 265 g/mol. The van der Waals surface area contributed by atoms with Crippen LogP contribution in [-0.2, 0) is 11.3 Å². The first-order valence-corrected chi connectivity index (χ1v) is 7.36. The fourth-order valence-corrected chi connectivity index (χ4v) is 3.48. The molecular formula is C18H19NO. The summed E-state index contributed by atoms with van der Waals surface area (Å²) < 4.78 is 5.97. The Labute approximate surface area is 120 Å². The lowest BCUT2D eigenvalue weighted by atomic mass is 9.90. The van der Waals surface area contributed by atoms with E-state index in [9.17, 15) is 0 Å². The van der Waals surface area contributed by atoms with Crippen LogP contribution in [0.25, 0.3) is 0 Å². The highest BCUT2D eigenvalue weighted by molar-refractivity contribution is 5.42. The van der Waals surface area contributed by atoms with E-state index in [-0.39, 0.29) is 6.10 Å². The summed E-state index contributed by atoms with van der Waals surface area (Å²) in [4.78, 5) is 2.54. The Hall–Kier alpha value is -1.64. The molecular weight excluding hydrogens is 246 g/mol. The van der Waals surface area contributed by atoms with Crippen LogP contribution in [0.5, 0.6) is 0 Å². The first-order valence-electron chi connectivity index (χ1n) is 7.36. The first kappa shape index (κ1) is 12.1.